The van der Waals surface area contributed by atoms with Gasteiger partial charge >= 0.3 is 12.2 Å². The number of carbonyl (C=O) groups excluding carboxylic acids is 2. The number of benzene rings is 3. The molecule has 2 atom stereocenters. The van der Waals surface area contributed by atoms with Crippen LogP contribution in [-0.2, 0) is 22.7 Å². The van der Waals surface area contributed by atoms with Gasteiger partial charge in [0.25, 0.3) is 0 Å². The van der Waals surface area contributed by atoms with Gasteiger partial charge in [-0.15, -0.1) is 0 Å². The van der Waals surface area contributed by atoms with Crippen LogP contribution in [0.4, 0.5) is 15.5 Å². The van der Waals surface area contributed by atoms with Crippen molar-refractivity contribution < 1.29 is 19.1 Å². The van der Waals surface area contributed by atoms with Gasteiger partial charge in [-0.1, -0.05) is 78.9 Å². The number of aromatic nitrogens is 2. The highest BCUT2D eigenvalue weighted by Crippen LogP contribution is 2.29. The summed E-state index contributed by atoms with van der Waals surface area (Å²) in [6, 6.07) is 26.5. The van der Waals surface area contributed by atoms with Gasteiger partial charge in [0.2, 0.25) is 5.95 Å². The van der Waals surface area contributed by atoms with Crippen LogP contribution >= 0.6 is 0 Å². The molecule has 200 valence electrons. The maximum atomic E-state index is 13.6. The molecule has 0 radical (unpaired) electrons. The molecule has 3 aromatic carbocycles. The minimum Gasteiger partial charge on any atom is -0.445 e. The Labute approximate surface area is 228 Å². The Balaban J connectivity index is 1.33. The maximum Gasteiger partial charge on any atom is 0.417 e. The van der Waals surface area contributed by atoms with Crippen molar-refractivity contribution in [2.75, 3.05) is 4.90 Å². The monoisotopic (exact) mass is 524 g/mol. The molecule has 4 aromatic rings. The van der Waals surface area contributed by atoms with Crippen molar-refractivity contribution in [3.63, 3.8) is 0 Å². The third-order valence-corrected chi connectivity index (χ3v) is 6.95. The molecule has 0 spiro atoms. The average Bonchev–Trinajstić information content (AvgIpc) is 2.96. The number of fused-ring (bicyclic) bond motifs is 1. The van der Waals surface area contributed by atoms with Gasteiger partial charge in [0.1, 0.15) is 13.2 Å². The first-order valence-electron chi connectivity index (χ1n) is 13.3. The lowest BCUT2D eigenvalue weighted by Crippen LogP contribution is -2.49. The molecule has 1 heterocycles. The van der Waals surface area contributed by atoms with E-state index in [2.05, 4.69) is 5.32 Å². The number of amides is 2. The number of anilines is 1. The van der Waals surface area contributed by atoms with Crippen LogP contribution in [0.15, 0.2) is 84.9 Å². The molecule has 39 heavy (non-hydrogen) atoms. The second-order valence-electron chi connectivity index (χ2n) is 9.76. The van der Waals surface area contributed by atoms with Gasteiger partial charge < -0.3 is 14.8 Å². The molecule has 0 aliphatic heterocycles. The van der Waals surface area contributed by atoms with Crippen molar-refractivity contribution in [3.8, 4) is 0 Å². The Kier molecular flexibility index (Phi) is 8.31. The fraction of sp³-hybridized carbons (Fsp3) is 0.290. The van der Waals surface area contributed by atoms with Crippen molar-refractivity contribution in [2.24, 2.45) is 0 Å². The molecule has 1 aliphatic carbocycles. The molecule has 5 rings (SSSR count). The van der Waals surface area contributed by atoms with Gasteiger partial charge in [0, 0.05) is 17.5 Å². The number of ether oxygens (including phenoxy) is 2. The van der Waals surface area contributed by atoms with Gasteiger partial charge in [0.15, 0.2) is 0 Å². The first-order valence-corrected chi connectivity index (χ1v) is 13.3. The Hall–Kier alpha value is -4.46. The highest BCUT2D eigenvalue weighted by Gasteiger charge is 2.34. The summed E-state index contributed by atoms with van der Waals surface area (Å²) in [5.74, 6) is 0.307. The molecule has 1 fully saturated rings. The van der Waals surface area contributed by atoms with E-state index in [1.165, 1.54) is 0 Å². The molecule has 0 saturated heterocycles. The fourth-order valence-corrected chi connectivity index (χ4v) is 4.97. The predicted molar refractivity (Wildman–Crippen MR) is 149 cm³/mol. The summed E-state index contributed by atoms with van der Waals surface area (Å²) in [4.78, 5) is 37.1. The molecule has 8 heteroatoms. The number of hydrogen-bond acceptors (Lipinski definition) is 6. The van der Waals surface area contributed by atoms with Crippen LogP contribution in [0.3, 0.4) is 0 Å². The third-order valence-electron chi connectivity index (χ3n) is 6.95. The number of nitrogens with one attached hydrogen (secondary N) is 1. The summed E-state index contributed by atoms with van der Waals surface area (Å²) in [6.07, 6.45) is 1.92. The van der Waals surface area contributed by atoms with Crippen molar-refractivity contribution in [1.29, 1.82) is 0 Å². The number of aryl methyl sites for hydroxylation is 1. The molecular weight excluding hydrogens is 492 g/mol. The lowest BCUT2D eigenvalue weighted by molar-refractivity contribution is 0.130. The summed E-state index contributed by atoms with van der Waals surface area (Å²) in [7, 11) is 0. The third kappa shape index (κ3) is 6.71. The minimum absolute atomic E-state index is 0.142. The van der Waals surface area contributed by atoms with Crippen molar-refractivity contribution in [1.82, 2.24) is 15.3 Å². The second-order valence-corrected chi connectivity index (χ2v) is 9.76. The Morgan fingerprint density at radius 2 is 1.49 bits per heavy atom. The lowest BCUT2D eigenvalue weighted by Gasteiger charge is -2.36. The summed E-state index contributed by atoms with van der Waals surface area (Å²) in [5, 5.41) is 3.92. The van der Waals surface area contributed by atoms with E-state index in [4.69, 9.17) is 19.4 Å². The highest BCUT2D eigenvalue weighted by atomic mass is 16.6. The van der Waals surface area contributed by atoms with E-state index >= 15 is 0 Å². The van der Waals surface area contributed by atoms with E-state index in [1.54, 1.807) is 4.90 Å². The van der Waals surface area contributed by atoms with Crippen LogP contribution in [0.1, 0.15) is 42.5 Å². The Bertz CT molecular complexity index is 1410. The van der Waals surface area contributed by atoms with Crippen LogP contribution in [0.2, 0.25) is 0 Å². The van der Waals surface area contributed by atoms with E-state index < -0.39 is 12.2 Å². The van der Waals surface area contributed by atoms with Crippen LogP contribution in [0.25, 0.3) is 10.9 Å². The van der Waals surface area contributed by atoms with Crippen molar-refractivity contribution in [2.45, 2.75) is 57.9 Å². The average molecular weight is 525 g/mol. The largest absolute Gasteiger partial charge is 0.445 e. The molecular formula is C31H32N4O4. The molecule has 8 nitrogen and oxygen atoms in total. The zero-order valence-electron chi connectivity index (χ0n) is 22.0. The minimum atomic E-state index is -0.508. The number of nitrogens with zero attached hydrogens (tertiary/aromatic N) is 3. The second kappa shape index (κ2) is 12.4. The molecule has 1 aromatic heterocycles. The molecule has 2 amide bonds. The Morgan fingerprint density at radius 1 is 0.846 bits per heavy atom. The van der Waals surface area contributed by atoms with E-state index in [0.717, 1.165) is 47.0 Å². The Morgan fingerprint density at radius 3 is 2.21 bits per heavy atom. The van der Waals surface area contributed by atoms with Crippen LogP contribution < -0.4 is 10.2 Å². The predicted octanol–water partition coefficient (Wildman–Crippen LogP) is 6.32. The topological polar surface area (TPSA) is 93.7 Å². The van der Waals surface area contributed by atoms with Crippen LogP contribution in [-0.4, -0.2) is 34.2 Å². The summed E-state index contributed by atoms with van der Waals surface area (Å²) < 4.78 is 11.2. The number of carbonyl (C=O) groups is 2. The number of rotatable bonds is 7. The first-order chi connectivity index (χ1) is 19.1. The number of hydrogen-bond donors (Lipinski definition) is 1. The first kappa shape index (κ1) is 26.2. The van der Waals surface area contributed by atoms with Crippen molar-refractivity contribution in [3.05, 3.63) is 102 Å². The summed E-state index contributed by atoms with van der Waals surface area (Å²) in [6.45, 7) is 2.25. The zero-order valence-corrected chi connectivity index (χ0v) is 22.0. The van der Waals surface area contributed by atoms with Gasteiger partial charge in [-0.25, -0.2) is 24.5 Å². The van der Waals surface area contributed by atoms with Crippen LogP contribution in [0, 0.1) is 6.92 Å². The molecule has 1 aliphatic rings. The molecule has 0 unspecified atom stereocenters. The SMILES string of the molecule is Cc1nc(N(C(=O)OCc2ccccc2)[C@H]2CCC[C@H](NC(=O)OCc3ccccc3)C2)nc2ccccc12. The summed E-state index contributed by atoms with van der Waals surface area (Å²) >= 11 is 0. The fourth-order valence-electron chi connectivity index (χ4n) is 4.97. The van der Waals surface area contributed by atoms with E-state index in [-0.39, 0.29) is 25.3 Å². The summed E-state index contributed by atoms with van der Waals surface area (Å²) in [5.41, 5.74) is 3.36. The zero-order chi connectivity index (χ0) is 27.0. The van der Waals surface area contributed by atoms with Gasteiger partial charge in [0.05, 0.1) is 11.2 Å². The van der Waals surface area contributed by atoms with E-state index in [1.807, 2.05) is 91.9 Å². The standard InChI is InChI=1S/C31H32N4O4/c1-22-27-17-8-9-18-28(27)34-29(32-22)35(31(37)39-21-24-13-6-3-7-14-24)26-16-10-15-25(19-26)33-30(36)38-20-23-11-4-2-5-12-23/h2-9,11-14,17-18,25-26H,10,15-16,19-21H2,1H3,(H,33,36)/t25-,26-/m0/s1. The quantitative estimate of drug-likeness (QED) is 0.304. The van der Waals surface area contributed by atoms with Gasteiger partial charge in [-0.3, -0.25) is 0 Å². The van der Waals surface area contributed by atoms with E-state index in [9.17, 15) is 9.59 Å². The molecule has 1 saturated carbocycles. The maximum absolute atomic E-state index is 13.6. The smallest absolute Gasteiger partial charge is 0.417 e. The van der Waals surface area contributed by atoms with Crippen LogP contribution in [0.5, 0.6) is 0 Å². The molecule has 1 N–H and O–H groups in total. The molecule has 0 bridgehead atoms. The van der Waals surface area contributed by atoms with Gasteiger partial charge in [-0.2, -0.15) is 0 Å². The normalized spacial score (nSPS) is 16.8. The van der Waals surface area contributed by atoms with Crippen molar-refractivity contribution >= 4 is 29.0 Å². The highest BCUT2D eigenvalue weighted by molar-refractivity contribution is 5.89. The van der Waals surface area contributed by atoms with Gasteiger partial charge in [-0.05, 0) is 49.8 Å². The lowest BCUT2D eigenvalue weighted by atomic mass is 9.90. The number of alkyl carbamates (subject to hydrolysis) is 1. The van der Waals surface area contributed by atoms with E-state index in [0.29, 0.717) is 12.4 Å². The number of para-hydroxylation sites is 1.